The quantitative estimate of drug-likeness (QED) is 0.682. The molecule has 0 bridgehead atoms. The van der Waals surface area contributed by atoms with Gasteiger partial charge in [0.15, 0.2) is 17.3 Å². The number of hydrogen-bond donors (Lipinski definition) is 1. The number of ketones is 1. The maximum absolute atomic E-state index is 12.9. The van der Waals surface area contributed by atoms with Crippen LogP contribution < -0.4 is 4.90 Å². The van der Waals surface area contributed by atoms with Crippen molar-refractivity contribution >= 4 is 29.1 Å². The van der Waals surface area contributed by atoms with Crippen LogP contribution in [-0.4, -0.2) is 22.0 Å². The zero-order chi connectivity index (χ0) is 19.1. The number of Topliss-reactive ketones (excluding diaryl/α,β-unsaturated/α-hetero) is 1. The summed E-state index contributed by atoms with van der Waals surface area (Å²) in [6, 6.07) is 10.3. The van der Waals surface area contributed by atoms with Crippen LogP contribution in [0.3, 0.4) is 0 Å². The minimum absolute atomic E-state index is 0.00885. The Labute approximate surface area is 158 Å². The number of furan rings is 1. The second-order valence-electron chi connectivity index (χ2n) is 6.00. The predicted molar refractivity (Wildman–Crippen MR) is 95.6 cm³/mol. The molecule has 2 aromatic heterocycles. The van der Waals surface area contributed by atoms with Crippen LogP contribution in [0.25, 0.3) is 0 Å². The van der Waals surface area contributed by atoms with Crippen LogP contribution in [0.2, 0.25) is 5.02 Å². The SMILES string of the molecule is Cc1cc(N2C(=O)C(O)=C(C(=O)c3ccco3)[C@H]2c2cccc(Cl)c2)no1. The number of halogens is 1. The molecule has 0 aliphatic carbocycles. The molecule has 1 N–H and O–H groups in total. The summed E-state index contributed by atoms with van der Waals surface area (Å²) in [6.45, 7) is 1.67. The Balaban J connectivity index is 1.89. The van der Waals surface area contributed by atoms with E-state index in [2.05, 4.69) is 5.16 Å². The largest absolute Gasteiger partial charge is 0.503 e. The smallest absolute Gasteiger partial charge is 0.295 e. The van der Waals surface area contributed by atoms with Crippen molar-refractivity contribution in [1.29, 1.82) is 0 Å². The molecule has 136 valence electrons. The van der Waals surface area contributed by atoms with E-state index in [1.54, 1.807) is 43.3 Å². The van der Waals surface area contributed by atoms with Gasteiger partial charge in [-0.25, -0.2) is 0 Å². The number of amides is 1. The van der Waals surface area contributed by atoms with E-state index in [1.807, 2.05) is 0 Å². The molecule has 3 aromatic rings. The first-order chi connectivity index (χ1) is 13.0. The van der Waals surface area contributed by atoms with Crippen LogP contribution >= 0.6 is 11.6 Å². The first-order valence-electron chi connectivity index (χ1n) is 8.01. The number of nitrogens with zero attached hydrogens (tertiary/aromatic N) is 2. The molecule has 0 saturated heterocycles. The van der Waals surface area contributed by atoms with Crippen molar-refractivity contribution < 1.29 is 23.6 Å². The second kappa shape index (κ2) is 6.44. The van der Waals surface area contributed by atoms with Crippen LogP contribution in [0.5, 0.6) is 0 Å². The summed E-state index contributed by atoms with van der Waals surface area (Å²) < 4.78 is 10.2. The highest BCUT2D eigenvalue weighted by molar-refractivity contribution is 6.30. The van der Waals surface area contributed by atoms with Crippen molar-refractivity contribution in [2.75, 3.05) is 4.90 Å². The van der Waals surface area contributed by atoms with Gasteiger partial charge in [-0.3, -0.25) is 14.5 Å². The monoisotopic (exact) mass is 384 g/mol. The van der Waals surface area contributed by atoms with Gasteiger partial charge in [0.2, 0.25) is 5.78 Å². The second-order valence-corrected chi connectivity index (χ2v) is 6.43. The van der Waals surface area contributed by atoms with Crippen LogP contribution in [0.4, 0.5) is 5.82 Å². The standard InChI is InChI=1S/C19H13ClN2O5/c1-10-8-14(21-27-10)22-16(11-4-2-5-12(20)9-11)15(18(24)19(22)25)17(23)13-6-3-7-26-13/h2-9,16,24H,1H3/t16-/m1/s1. The fourth-order valence-electron chi connectivity index (χ4n) is 3.07. The van der Waals surface area contributed by atoms with E-state index in [0.717, 1.165) is 0 Å². The summed E-state index contributed by atoms with van der Waals surface area (Å²) in [5, 5.41) is 14.8. The first-order valence-corrected chi connectivity index (χ1v) is 8.39. The van der Waals surface area contributed by atoms with E-state index in [0.29, 0.717) is 16.3 Å². The molecule has 0 radical (unpaired) electrons. The average Bonchev–Trinajstić information content (AvgIpc) is 3.36. The Hall–Kier alpha value is -3.32. The fourth-order valence-corrected chi connectivity index (χ4v) is 3.27. The fraction of sp³-hybridized carbons (Fsp3) is 0.105. The summed E-state index contributed by atoms with van der Waals surface area (Å²) in [7, 11) is 0. The van der Waals surface area contributed by atoms with E-state index in [9.17, 15) is 14.7 Å². The van der Waals surface area contributed by atoms with Gasteiger partial charge in [0.05, 0.1) is 17.9 Å². The molecule has 3 heterocycles. The lowest BCUT2D eigenvalue weighted by Gasteiger charge is -2.24. The number of aliphatic hydroxyl groups is 1. The lowest BCUT2D eigenvalue weighted by molar-refractivity contribution is -0.117. The van der Waals surface area contributed by atoms with Gasteiger partial charge in [-0.2, -0.15) is 0 Å². The third kappa shape index (κ3) is 2.82. The third-order valence-corrected chi connectivity index (χ3v) is 4.46. The topological polar surface area (TPSA) is 96.8 Å². The van der Waals surface area contributed by atoms with Crippen molar-refractivity contribution in [1.82, 2.24) is 5.16 Å². The molecule has 1 aromatic carbocycles. The Morgan fingerprint density at radius 1 is 1.26 bits per heavy atom. The molecule has 27 heavy (non-hydrogen) atoms. The van der Waals surface area contributed by atoms with E-state index >= 15 is 0 Å². The lowest BCUT2D eigenvalue weighted by Crippen LogP contribution is -2.31. The van der Waals surface area contributed by atoms with Gasteiger partial charge < -0.3 is 14.0 Å². The molecule has 0 fully saturated rings. The lowest BCUT2D eigenvalue weighted by atomic mass is 9.95. The molecule has 1 aliphatic heterocycles. The molecule has 1 atom stereocenters. The maximum atomic E-state index is 12.9. The normalized spacial score (nSPS) is 17.0. The Morgan fingerprint density at radius 2 is 2.07 bits per heavy atom. The van der Waals surface area contributed by atoms with Gasteiger partial charge in [-0.05, 0) is 36.8 Å². The summed E-state index contributed by atoms with van der Waals surface area (Å²) in [4.78, 5) is 26.9. The van der Waals surface area contributed by atoms with Gasteiger partial charge in [0, 0.05) is 11.1 Å². The van der Waals surface area contributed by atoms with Crippen LogP contribution in [0.1, 0.15) is 27.9 Å². The van der Waals surface area contributed by atoms with E-state index in [4.69, 9.17) is 20.5 Å². The molecule has 0 spiro atoms. The highest BCUT2D eigenvalue weighted by atomic mass is 35.5. The van der Waals surface area contributed by atoms with E-state index < -0.39 is 23.5 Å². The van der Waals surface area contributed by atoms with Crippen molar-refractivity contribution in [3.63, 3.8) is 0 Å². The number of benzene rings is 1. The Bertz CT molecular complexity index is 1070. The van der Waals surface area contributed by atoms with Gasteiger partial charge in [0.1, 0.15) is 5.76 Å². The van der Waals surface area contributed by atoms with E-state index in [1.165, 1.54) is 17.2 Å². The minimum Gasteiger partial charge on any atom is -0.503 e. The number of anilines is 1. The molecule has 0 unspecified atom stereocenters. The molecular formula is C19H13ClN2O5. The minimum atomic E-state index is -0.932. The number of aromatic nitrogens is 1. The van der Waals surface area contributed by atoms with Crippen molar-refractivity contribution in [2.45, 2.75) is 13.0 Å². The van der Waals surface area contributed by atoms with E-state index in [-0.39, 0.29) is 17.2 Å². The van der Waals surface area contributed by atoms with Crippen molar-refractivity contribution in [3.8, 4) is 0 Å². The summed E-state index contributed by atoms with van der Waals surface area (Å²) in [5.74, 6) is -1.36. The number of carbonyl (C=O) groups excluding carboxylic acids is 2. The van der Waals surface area contributed by atoms with Gasteiger partial charge in [-0.1, -0.05) is 28.9 Å². The predicted octanol–water partition coefficient (Wildman–Crippen LogP) is 4.01. The summed E-state index contributed by atoms with van der Waals surface area (Å²) in [5.41, 5.74) is 0.424. The highest BCUT2D eigenvalue weighted by Gasteiger charge is 2.46. The van der Waals surface area contributed by atoms with Crippen molar-refractivity contribution in [3.05, 3.63) is 82.2 Å². The van der Waals surface area contributed by atoms with Crippen LogP contribution in [0, 0.1) is 6.92 Å². The first kappa shape index (κ1) is 17.1. The van der Waals surface area contributed by atoms with Gasteiger partial charge in [0.25, 0.3) is 5.91 Å². The Morgan fingerprint density at radius 3 is 2.70 bits per heavy atom. The summed E-state index contributed by atoms with van der Waals surface area (Å²) in [6.07, 6.45) is 1.34. The molecule has 7 nitrogen and oxygen atoms in total. The highest BCUT2D eigenvalue weighted by Crippen LogP contribution is 2.42. The summed E-state index contributed by atoms with van der Waals surface area (Å²) >= 11 is 6.10. The number of hydrogen-bond acceptors (Lipinski definition) is 6. The molecule has 4 rings (SSSR count). The molecular weight excluding hydrogens is 372 g/mol. The molecule has 0 saturated carbocycles. The Kier molecular flexibility index (Phi) is 4.08. The molecule has 8 heteroatoms. The molecule has 1 aliphatic rings. The average molecular weight is 385 g/mol. The van der Waals surface area contributed by atoms with Gasteiger partial charge >= 0.3 is 0 Å². The number of aliphatic hydroxyl groups excluding tert-OH is 1. The molecule has 1 amide bonds. The number of carbonyl (C=O) groups is 2. The van der Waals surface area contributed by atoms with Gasteiger partial charge in [-0.15, -0.1) is 0 Å². The van der Waals surface area contributed by atoms with Crippen LogP contribution in [0.15, 0.2) is 69.0 Å². The zero-order valence-electron chi connectivity index (χ0n) is 14.0. The number of rotatable bonds is 4. The third-order valence-electron chi connectivity index (χ3n) is 4.22. The van der Waals surface area contributed by atoms with Crippen molar-refractivity contribution in [2.24, 2.45) is 0 Å². The van der Waals surface area contributed by atoms with Crippen LogP contribution in [-0.2, 0) is 4.79 Å². The maximum Gasteiger partial charge on any atom is 0.295 e. The zero-order valence-corrected chi connectivity index (χ0v) is 14.8. The number of aryl methyl sites for hydroxylation is 1.